The molecule has 0 bridgehead atoms. The molecule has 0 aliphatic heterocycles. The van der Waals surface area contributed by atoms with Gasteiger partial charge in [0, 0.05) is 0 Å². The van der Waals surface area contributed by atoms with Crippen LogP contribution in [-0.2, 0) is 23.0 Å². The van der Waals surface area contributed by atoms with Crippen molar-refractivity contribution in [2.45, 2.75) is 103 Å². The second-order valence-electron chi connectivity index (χ2n) is 7.58. The van der Waals surface area contributed by atoms with Gasteiger partial charge >= 0.3 is 29.6 Å². The van der Waals surface area contributed by atoms with Gasteiger partial charge in [0.05, 0.1) is 5.25 Å². The van der Waals surface area contributed by atoms with Gasteiger partial charge in [0.1, 0.15) is 22.0 Å². The van der Waals surface area contributed by atoms with E-state index in [1.54, 1.807) is 6.92 Å². The number of hydrogen-bond donors (Lipinski definition) is 0. The van der Waals surface area contributed by atoms with Crippen LogP contribution in [0.15, 0.2) is 18.2 Å². The minimum atomic E-state index is -4.36. The molecule has 1 aromatic carbocycles. The fourth-order valence-electron chi connectivity index (χ4n) is 3.13. The third-order valence-electron chi connectivity index (χ3n) is 5.17. The molecule has 0 fully saturated rings. The van der Waals surface area contributed by atoms with Gasteiger partial charge in [0.25, 0.3) is 0 Å². The van der Waals surface area contributed by atoms with Crippen LogP contribution < -0.4 is 34.3 Å². The van der Waals surface area contributed by atoms with Crippen molar-refractivity contribution >= 4 is 10.1 Å². The van der Waals surface area contributed by atoms with E-state index < -0.39 is 21.5 Å². The zero-order valence-electron chi connectivity index (χ0n) is 18.5. The molecule has 6 heteroatoms. The largest absolute Gasteiger partial charge is 1.00 e. The average Bonchev–Trinajstić information content (AvgIpc) is 2.62. The van der Waals surface area contributed by atoms with E-state index in [1.807, 2.05) is 6.07 Å². The maximum Gasteiger partial charge on any atom is 1.00 e. The summed E-state index contributed by atoms with van der Waals surface area (Å²) in [6, 6.07) is 6.22. The van der Waals surface area contributed by atoms with Crippen molar-refractivity contribution in [2.24, 2.45) is 0 Å². The van der Waals surface area contributed by atoms with E-state index in [9.17, 15) is 13.0 Å². The van der Waals surface area contributed by atoms with Crippen LogP contribution in [0.1, 0.15) is 90.2 Å². The van der Waals surface area contributed by atoms with Crippen LogP contribution in [0.5, 0.6) is 5.75 Å². The summed E-state index contributed by atoms with van der Waals surface area (Å²) in [6.07, 6.45) is 10.9. The molecule has 0 aliphatic carbocycles. The molecule has 0 aromatic heterocycles. The van der Waals surface area contributed by atoms with Crippen LogP contribution in [0.3, 0.4) is 0 Å². The SMILES string of the molecule is CCCCCCc1ccc(OC(C)C(C)S(=O)(=O)[O-])c(CCCCCC)c1.[Na+]. The van der Waals surface area contributed by atoms with Crippen molar-refractivity contribution in [1.82, 2.24) is 0 Å². The van der Waals surface area contributed by atoms with Gasteiger partial charge in [-0.15, -0.1) is 0 Å². The Kier molecular flexibility index (Phi) is 14.8. The molecular weight excluding hydrogens is 383 g/mol. The van der Waals surface area contributed by atoms with Crippen molar-refractivity contribution < 1.29 is 47.3 Å². The molecule has 28 heavy (non-hydrogen) atoms. The molecule has 1 rings (SSSR count). The Bertz CT molecular complexity index is 646. The molecular formula is C22H37NaO4S. The number of rotatable bonds is 14. The number of benzene rings is 1. The number of aryl methyl sites for hydroxylation is 2. The first-order chi connectivity index (χ1) is 12.8. The Morgan fingerprint density at radius 1 is 0.929 bits per heavy atom. The monoisotopic (exact) mass is 420 g/mol. The van der Waals surface area contributed by atoms with Crippen molar-refractivity contribution in [1.29, 1.82) is 0 Å². The zero-order chi connectivity index (χ0) is 20.3. The summed E-state index contributed by atoms with van der Waals surface area (Å²) in [4.78, 5) is 0. The fourth-order valence-corrected chi connectivity index (χ4v) is 3.65. The van der Waals surface area contributed by atoms with Crippen molar-refractivity contribution in [3.8, 4) is 5.75 Å². The second kappa shape index (κ2) is 14.8. The molecule has 0 amide bonds. The predicted octanol–water partition coefficient (Wildman–Crippen LogP) is 2.64. The second-order valence-corrected chi connectivity index (χ2v) is 9.31. The molecule has 0 saturated carbocycles. The maximum absolute atomic E-state index is 11.3. The molecule has 2 unspecified atom stereocenters. The summed E-state index contributed by atoms with van der Waals surface area (Å²) >= 11 is 0. The van der Waals surface area contributed by atoms with Crippen LogP contribution >= 0.6 is 0 Å². The van der Waals surface area contributed by atoms with Gasteiger partial charge in [-0.1, -0.05) is 64.5 Å². The molecule has 0 radical (unpaired) electrons. The first-order valence-electron chi connectivity index (χ1n) is 10.5. The first-order valence-corrected chi connectivity index (χ1v) is 12.0. The van der Waals surface area contributed by atoms with Gasteiger partial charge in [0.15, 0.2) is 0 Å². The van der Waals surface area contributed by atoms with E-state index in [2.05, 4.69) is 26.0 Å². The van der Waals surface area contributed by atoms with Gasteiger partial charge in [-0.2, -0.15) is 0 Å². The maximum atomic E-state index is 11.3. The summed E-state index contributed by atoms with van der Waals surface area (Å²) < 4.78 is 39.8. The van der Waals surface area contributed by atoms with Crippen LogP contribution in [0.4, 0.5) is 0 Å². The summed E-state index contributed by atoms with van der Waals surface area (Å²) in [6.45, 7) is 7.47. The van der Waals surface area contributed by atoms with E-state index in [-0.39, 0.29) is 29.6 Å². The Morgan fingerprint density at radius 3 is 2.04 bits per heavy atom. The third-order valence-corrected chi connectivity index (χ3v) is 6.47. The standard InChI is InChI=1S/C22H38O4S.Na/c1-5-7-9-11-13-20-15-16-22(21(17-20)14-12-10-8-6-2)26-18(3)19(4)27(23,24)25;/h15-19H,5-14H2,1-4H3,(H,23,24,25);/q;+1/p-1. The molecule has 156 valence electrons. The number of unbranched alkanes of at least 4 members (excludes halogenated alkanes) is 6. The minimum absolute atomic E-state index is 0. The van der Waals surface area contributed by atoms with Crippen molar-refractivity contribution in [3.05, 3.63) is 29.3 Å². The Morgan fingerprint density at radius 2 is 1.50 bits per heavy atom. The van der Waals surface area contributed by atoms with Crippen LogP contribution in [-0.4, -0.2) is 24.3 Å². The molecule has 2 atom stereocenters. The number of hydrogen-bond acceptors (Lipinski definition) is 4. The molecule has 0 heterocycles. The van der Waals surface area contributed by atoms with E-state index in [0.717, 1.165) is 24.8 Å². The van der Waals surface area contributed by atoms with Gasteiger partial charge in [-0.3, -0.25) is 0 Å². The van der Waals surface area contributed by atoms with E-state index >= 15 is 0 Å². The van der Waals surface area contributed by atoms with E-state index in [0.29, 0.717) is 5.75 Å². The Labute approximate surface area is 194 Å². The minimum Gasteiger partial charge on any atom is -0.748 e. The Balaban J connectivity index is 0.00000729. The molecule has 1 aromatic rings. The van der Waals surface area contributed by atoms with Gasteiger partial charge in [-0.25, -0.2) is 8.42 Å². The van der Waals surface area contributed by atoms with Gasteiger partial charge in [-0.05, 0) is 56.7 Å². The van der Waals surface area contributed by atoms with Crippen molar-refractivity contribution in [3.63, 3.8) is 0 Å². The van der Waals surface area contributed by atoms with Crippen molar-refractivity contribution in [2.75, 3.05) is 0 Å². The summed E-state index contributed by atoms with van der Waals surface area (Å²) in [7, 11) is -4.36. The van der Waals surface area contributed by atoms with E-state index in [1.165, 1.54) is 57.4 Å². The summed E-state index contributed by atoms with van der Waals surface area (Å²) in [5.74, 6) is 0.715. The van der Waals surface area contributed by atoms with Crippen LogP contribution in [0, 0.1) is 0 Å². The summed E-state index contributed by atoms with van der Waals surface area (Å²) in [5, 5.41) is -1.07. The normalized spacial score (nSPS) is 13.6. The zero-order valence-corrected chi connectivity index (χ0v) is 21.3. The molecule has 0 saturated heterocycles. The smallest absolute Gasteiger partial charge is 0.748 e. The first kappa shape index (κ1) is 27.9. The average molecular weight is 421 g/mol. The van der Waals surface area contributed by atoms with E-state index in [4.69, 9.17) is 4.74 Å². The molecule has 0 spiro atoms. The third kappa shape index (κ3) is 10.6. The van der Waals surface area contributed by atoms with Crippen LogP contribution in [0.2, 0.25) is 0 Å². The quantitative estimate of drug-likeness (QED) is 0.264. The number of ether oxygens (including phenoxy) is 1. The fraction of sp³-hybridized carbons (Fsp3) is 0.727. The van der Waals surface area contributed by atoms with Gasteiger partial charge < -0.3 is 9.29 Å². The topological polar surface area (TPSA) is 66.4 Å². The molecule has 0 N–H and O–H groups in total. The van der Waals surface area contributed by atoms with Gasteiger partial charge in [0.2, 0.25) is 0 Å². The molecule has 0 aliphatic rings. The predicted molar refractivity (Wildman–Crippen MR) is 111 cm³/mol. The summed E-state index contributed by atoms with van der Waals surface area (Å²) in [5.41, 5.74) is 2.43. The molecule has 4 nitrogen and oxygen atoms in total. The Hall–Kier alpha value is -0.0700. The van der Waals surface area contributed by atoms with Crippen LogP contribution in [0.25, 0.3) is 0 Å².